The first-order valence-electron chi connectivity index (χ1n) is 7.31. The number of nitrogens with zero attached hydrogens (tertiary/aromatic N) is 3. The first kappa shape index (κ1) is 17.9. The van der Waals surface area contributed by atoms with E-state index in [1.165, 1.54) is 10.8 Å². The number of ether oxygens (including phenoxy) is 1. The molecular weight excluding hydrogens is 328 g/mol. The number of hydrogen-bond donors (Lipinski definition) is 2. The molecule has 0 unspecified atom stereocenters. The number of rotatable bonds is 6. The van der Waals surface area contributed by atoms with Crippen LogP contribution < -0.4 is 10.3 Å². The van der Waals surface area contributed by atoms with Crippen LogP contribution in [0.1, 0.15) is 5.56 Å². The summed E-state index contributed by atoms with van der Waals surface area (Å²) >= 11 is 5.16. The van der Waals surface area contributed by atoms with E-state index in [4.69, 9.17) is 17.0 Å². The van der Waals surface area contributed by atoms with Crippen molar-refractivity contribution in [3.8, 4) is 17.3 Å². The van der Waals surface area contributed by atoms with Gasteiger partial charge in [0.2, 0.25) is 5.88 Å². The molecule has 0 saturated heterocycles. The zero-order chi connectivity index (χ0) is 17.7. The number of likely N-dealkylation sites (N-methyl/N-ethyl adjacent to an activating group) is 1. The molecule has 0 aliphatic carbocycles. The smallest absolute Gasteiger partial charge is 0.264 e. The molecule has 2 N–H and O–H groups in total. The highest BCUT2D eigenvalue weighted by Gasteiger charge is 2.12. The molecule has 1 heterocycles. The van der Waals surface area contributed by atoms with Crippen molar-refractivity contribution in [3.63, 3.8) is 0 Å². The van der Waals surface area contributed by atoms with Gasteiger partial charge < -0.3 is 14.7 Å². The number of H-pyrrole nitrogens is 1. The Bertz CT molecular complexity index is 838. The van der Waals surface area contributed by atoms with Crippen LogP contribution in [-0.4, -0.2) is 60.1 Å². The van der Waals surface area contributed by atoms with Gasteiger partial charge in [0.1, 0.15) is 11.3 Å². The van der Waals surface area contributed by atoms with E-state index in [9.17, 15) is 9.90 Å². The lowest BCUT2D eigenvalue weighted by Crippen LogP contribution is -2.19. The van der Waals surface area contributed by atoms with Gasteiger partial charge in [-0.05, 0) is 50.6 Å². The predicted molar refractivity (Wildman–Crippen MR) is 96.5 cm³/mol. The lowest BCUT2D eigenvalue weighted by atomic mass is 10.2. The number of aromatic nitrogens is 2. The number of aliphatic imine (C=N–C) groups is 1. The molecule has 2 rings (SSSR count). The largest absolute Gasteiger partial charge is 0.497 e. The third-order valence-electron chi connectivity index (χ3n) is 3.35. The van der Waals surface area contributed by atoms with Crippen LogP contribution in [-0.2, 0) is 0 Å². The second kappa shape index (κ2) is 7.89. The van der Waals surface area contributed by atoms with Gasteiger partial charge >= 0.3 is 0 Å². The van der Waals surface area contributed by atoms with Crippen molar-refractivity contribution in [1.29, 1.82) is 0 Å². The van der Waals surface area contributed by atoms with Crippen LogP contribution in [0, 0.1) is 4.77 Å². The van der Waals surface area contributed by atoms with Gasteiger partial charge in [-0.15, -0.1) is 0 Å². The fourth-order valence-electron chi connectivity index (χ4n) is 2.04. The fourth-order valence-corrected chi connectivity index (χ4v) is 2.32. The van der Waals surface area contributed by atoms with Crippen LogP contribution in [0.4, 0.5) is 0 Å². The normalized spacial score (nSPS) is 11.3. The Balaban J connectivity index is 2.44. The summed E-state index contributed by atoms with van der Waals surface area (Å²) in [6, 6.07) is 6.96. The van der Waals surface area contributed by atoms with Crippen molar-refractivity contribution in [2.45, 2.75) is 0 Å². The summed E-state index contributed by atoms with van der Waals surface area (Å²) in [5, 5.41) is 10.5. The molecule has 1 aromatic carbocycles. The summed E-state index contributed by atoms with van der Waals surface area (Å²) < 4.78 is 6.60. The van der Waals surface area contributed by atoms with E-state index >= 15 is 0 Å². The van der Waals surface area contributed by atoms with Gasteiger partial charge in [0.05, 0.1) is 19.3 Å². The van der Waals surface area contributed by atoms with Crippen LogP contribution in [0.15, 0.2) is 34.1 Å². The lowest BCUT2D eigenvalue weighted by Gasteiger charge is -2.11. The molecule has 7 nitrogen and oxygen atoms in total. The Kier molecular flexibility index (Phi) is 5.88. The highest BCUT2D eigenvalue weighted by Crippen LogP contribution is 2.21. The lowest BCUT2D eigenvalue weighted by molar-refractivity contribution is 0.414. The van der Waals surface area contributed by atoms with E-state index < -0.39 is 5.56 Å². The highest BCUT2D eigenvalue weighted by molar-refractivity contribution is 7.71. The number of hydrogen-bond acceptors (Lipinski definition) is 6. The molecule has 0 amide bonds. The molecular formula is C16H20N4O3S. The zero-order valence-corrected chi connectivity index (χ0v) is 14.6. The molecule has 8 heteroatoms. The quantitative estimate of drug-likeness (QED) is 0.612. The Morgan fingerprint density at radius 1 is 1.38 bits per heavy atom. The summed E-state index contributed by atoms with van der Waals surface area (Å²) in [7, 11) is 5.44. The molecule has 0 fully saturated rings. The van der Waals surface area contributed by atoms with E-state index in [0.717, 1.165) is 6.54 Å². The van der Waals surface area contributed by atoms with Gasteiger partial charge in [-0.3, -0.25) is 19.3 Å². The number of methoxy groups -OCH3 is 1. The van der Waals surface area contributed by atoms with E-state index in [0.29, 0.717) is 18.0 Å². The number of aromatic amines is 1. The Morgan fingerprint density at radius 2 is 2.04 bits per heavy atom. The van der Waals surface area contributed by atoms with E-state index in [1.54, 1.807) is 31.4 Å². The van der Waals surface area contributed by atoms with Crippen molar-refractivity contribution in [1.82, 2.24) is 14.5 Å². The maximum atomic E-state index is 12.1. The van der Waals surface area contributed by atoms with Crippen molar-refractivity contribution < 1.29 is 9.84 Å². The topological polar surface area (TPSA) is 82.8 Å². The molecule has 0 saturated carbocycles. The van der Waals surface area contributed by atoms with Crippen LogP contribution in [0.3, 0.4) is 0 Å². The van der Waals surface area contributed by atoms with Crippen LogP contribution in [0.5, 0.6) is 11.6 Å². The molecule has 1 aromatic heterocycles. The van der Waals surface area contributed by atoms with Crippen molar-refractivity contribution in [2.75, 3.05) is 34.3 Å². The molecule has 2 aromatic rings. The van der Waals surface area contributed by atoms with Crippen LogP contribution >= 0.6 is 12.2 Å². The van der Waals surface area contributed by atoms with Crippen LogP contribution in [0.2, 0.25) is 0 Å². The maximum Gasteiger partial charge on any atom is 0.264 e. The summed E-state index contributed by atoms with van der Waals surface area (Å²) in [6.45, 7) is 1.26. The fraction of sp³-hybridized carbons (Fsp3) is 0.312. The minimum atomic E-state index is -0.476. The number of aromatic hydroxyl groups is 1. The standard InChI is InChI=1S/C16H20N4O3S/c1-19(2)9-8-17-10-13-14(21)18-16(24)20(15(13)22)11-4-6-12(23-3)7-5-11/h4-7,10,22H,8-9H2,1-3H3,(H,18,21,24). The Labute approximate surface area is 144 Å². The molecule has 128 valence electrons. The summed E-state index contributed by atoms with van der Waals surface area (Å²) in [5.74, 6) is 0.433. The minimum absolute atomic E-state index is 0.0678. The van der Waals surface area contributed by atoms with Crippen molar-refractivity contribution in [3.05, 3.63) is 45.0 Å². The van der Waals surface area contributed by atoms with E-state index in [2.05, 4.69) is 9.98 Å². The highest BCUT2D eigenvalue weighted by atomic mass is 32.1. The van der Waals surface area contributed by atoms with E-state index in [-0.39, 0.29) is 16.2 Å². The monoisotopic (exact) mass is 348 g/mol. The summed E-state index contributed by atoms with van der Waals surface area (Å²) in [5.41, 5.74) is 0.200. The predicted octanol–water partition coefficient (Wildman–Crippen LogP) is 1.59. The summed E-state index contributed by atoms with van der Waals surface area (Å²) in [6.07, 6.45) is 1.37. The van der Waals surface area contributed by atoms with Crippen molar-refractivity contribution in [2.24, 2.45) is 4.99 Å². The Morgan fingerprint density at radius 3 is 2.62 bits per heavy atom. The molecule has 0 atom stereocenters. The molecule has 0 radical (unpaired) electrons. The Hall–Kier alpha value is -2.45. The first-order chi connectivity index (χ1) is 11.4. The first-order valence-corrected chi connectivity index (χ1v) is 7.72. The van der Waals surface area contributed by atoms with E-state index in [1.807, 2.05) is 19.0 Å². The SMILES string of the molecule is COc1ccc(-n2c(O)c(C=NCCN(C)C)c(=O)[nH]c2=S)cc1. The van der Waals surface area contributed by atoms with Crippen LogP contribution in [0.25, 0.3) is 5.69 Å². The van der Waals surface area contributed by atoms with Gasteiger partial charge in [-0.2, -0.15) is 0 Å². The second-order valence-corrected chi connectivity index (χ2v) is 5.76. The van der Waals surface area contributed by atoms with Crippen molar-refractivity contribution >= 4 is 18.4 Å². The van der Waals surface area contributed by atoms with Gasteiger partial charge in [0.25, 0.3) is 5.56 Å². The van der Waals surface area contributed by atoms with Gasteiger partial charge in [0, 0.05) is 12.8 Å². The zero-order valence-electron chi connectivity index (χ0n) is 13.8. The molecule has 0 aliphatic rings. The summed E-state index contributed by atoms with van der Waals surface area (Å²) in [4.78, 5) is 20.8. The average Bonchev–Trinajstić information content (AvgIpc) is 2.54. The second-order valence-electron chi connectivity index (χ2n) is 5.37. The molecule has 0 spiro atoms. The average molecular weight is 348 g/mol. The number of nitrogens with one attached hydrogen (secondary N) is 1. The van der Waals surface area contributed by atoms with Gasteiger partial charge in [-0.1, -0.05) is 0 Å². The van der Waals surface area contributed by atoms with Gasteiger partial charge in [0.15, 0.2) is 4.77 Å². The third kappa shape index (κ3) is 4.09. The van der Waals surface area contributed by atoms with Gasteiger partial charge in [-0.25, -0.2) is 0 Å². The molecule has 0 aliphatic heterocycles. The molecule has 0 bridgehead atoms. The maximum absolute atomic E-state index is 12.1. The number of benzene rings is 1. The third-order valence-corrected chi connectivity index (χ3v) is 3.63. The molecule has 24 heavy (non-hydrogen) atoms. The minimum Gasteiger partial charge on any atom is -0.497 e.